The van der Waals surface area contributed by atoms with Crippen LogP contribution in [0.2, 0.25) is 0 Å². The molecule has 0 fully saturated rings. The number of benzene rings is 1. The fourth-order valence-corrected chi connectivity index (χ4v) is 3.52. The monoisotopic (exact) mass is 379 g/mol. The standard InChI is InChI=1S/C19H17N5O2S/c1-23(12-16-21-15-7-8-27-18(15)19(26)22-16)17(25)9-13-10-20-24(11-13)14-5-3-2-4-6-14/h2-8,10-11H,9,12H2,1H3,(H,21,22,26). The van der Waals surface area contributed by atoms with E-state index in [9.17, 15) is 9.59 Å². The molecule has 1 amide bonds. The van der Waals surface area contributed by atoms with Gasteiger partial charge in [-0.3, -0.25) is 9.59 Å². The second-order valence-electron chi connectivity index (χ2n) is 6.20. The topological polar surface area (TPSA) is 83.9 Å². The zero-order valence-corrected chi connectivity index (χ0v) is 15.4. The van der Waals surface area contributed by atoms with Crippen LogP contribution >= 0.6 is 11.3 Å². The van der Waals surface area contributed by atoms with Crippen LogP contribution in [0.1, 0.15) is 11.4 Å². The second kappa shape index (κ2) is 7.16. The van der Waals surface area contributed by atoms with E-state index in [4.69, 9.17) is 0 Å². The number of carbonyl (C=O) groups is 1. The molecule has 4 aromatic rings. The number of carbonyl (C=O) groups excluding carboxylic acids is 1. The van der Waals surface area contributed by atoms with E-state index >= 15 is 0 Å². The minimum atomic E-state index is -0.171. The van der Waals surface area contributed by atoms with Crippen molar-refractivity contribution in [3.05, 3.63) is 75.9 Å². The van der Waals surface area contributed by atoms with Crippen molar-refractivity contribution in [3.8, 4) is 5.69 Å². The first-order valence-electron chi connectivity index (χ1n) is 8.39. The van der Waals surface area contributed by atoms with Gasteiger partial charge in [0.2, 0.25) is 5.91 Å². The fraction of sp³-hybridized carbons (Fsp3) is 0.158. The molecule has 1 aromatic carbocycles. The molecular weight excluding hydrogens is 362 g/mol. The number of aromatic amines is 1. The van der Waals surface area contributed by atoms with Crippen LogP contribution in [0.15, 0.2) is 59.0 Å². The zero-order valence-electron chi connectivity index (χ0n) is 14.6. The third-order valence-corrected chi connectivity index (χ3v) is 5.09. The van der Waals surface area contributed by atoms with E-state index < -0.39 is 0 Å². The summed E-state index contributed by atoms with van der Waals surface area (Å²) in [6, 6.07) is 11.5. The van der Waals surface area contributed by atoms with Crippen molar-refractivity contribution in [1.29, 1.82) is 0 Å². The summed E-state index contributed by atoms with van der Waals surface area (Å²) in [6.45, 7) is 0.243. The van der Waals surface area contributed by atoms with Crippen LogP contribution in [-0.2, 0) is 17.8 Å². The van der Waals surface area contributed by atoms with E-state index in [0.717, 1.165) is 11.3 Å². The summed E-state index contributed by atoms with van der Waals surface area (Å²) in [7, 11) is 1.70. The minimum Gasteiger partial charge on any atom is -0.338 e. The number of hydrogen-bond acceptors (Lipinski definition) is 5. The number of aromatic nitrogens is 4. The van der Waals surface area contributed by atoms with Crippen LogP contribution in [0.4, 0.5) is 0 Å². The number of rotatable bonds is 5. The van der Waals surface area contributed by atoms with Crippen LogP contribution in [0, 0.1) is 0 Å². The van der Waals surface area contributed by atoms with Crippen molar-refractivity contribution in [2.75, 3.05) is 7.05 Å². The Hall–Kier alpha value is -3.26. The molecule has 3 aromatic heterocycles. The van der Waals surface area contributed by atoms with Gasteiger partial charge < -0.3 is 9.88 Å². The van der Waals surface area contributed by atoms with Gasteiger partial charge in [0.25, 0.3) is 5.56 Å². The molecule has 0 aliphatic heterocycles. The largest absolute Gasteiger partial charge is 0.338 e. The lowest BCUT2D eigenvalue weighted by Gasteiger charge is -2.16. The summed E-state index contributed by atoms with van der Waals surface area (Å²) >= 11 is 1.35. The van der Waals surface area contributed by atoms with Crippen molar-refractivity contribution in [3.63, 3.8) is 0 Å². The molecule has 4 rings (SSSR count). The molecule has 0 aliphatic carbocycles. The Labute approximate surface area is 158 Å². The Morgan fingerprint density at radius 1 is 1.26 bits per heavy atom. The minimum absolute atomic E-state index is 0.0734. The van der Waals surface area contributed by atoms with E-state index in [-0.39, 0.29) is 24.4 Å². The summed E-state index contributed by atoms with van der Waals surface area (Å²) in [6.07, 6.45) is 3.77. The molecule has 0 aliphatic rings. The predicted octanol–water partition coefficient (Wildman–Crippen LogP) is 2.37. The van der Waals surface area contributed by atoms with Crippen molar-refractivity contribution in [2.45, 2.75) is 13.0 Å². The van der Waals surface area contributed by atoms with Crippen molar-refractivity contribution >= 4 is 27.5 Å². The first-order chi connectivity index (χ1) is 13.1. The number of nitrogens with zero attached hydrogens (tertiary/aromatic N) is 4. The maximum absolute atomic E-state index is 12.5. The summed E-state index contributed by atoms with van der Waals surface area (Å²) in [5, 5.41) is 6.14. The molecule has 0 bridgehead atoms. The normalized spacial score (nSPS) is 11.0. The number of H-pyrrole nitrogens is 1. The third-order valence-electron chi connectivity index (χ3n) is 4.19. The summed E-state index contributed by atoms with van der Waals surface area (Å²) in [4.78, 5) is 33.3. The highest BCUT2D eigenvalue weighted by Gasteiger charge is 2.14. The van der Waals surface area contributed by atoms with Gasteiger partial charge >= 0.3 is 0 Å². The second-order valence-corrected chi connectivity index (χ2v) is 7.12. The van der Waals surface area contributed by atoms with Gasteiger partial charge in [-0.25, -0.2) is 9.67 Å². The van der Waals surface area contributed by atoms with E-state index in [1.165, 1.54) is 11.3 Å². The Balaban J connectivity index is 1.45. The van der Waals surface area contributed by atoms with Gasteiger partial charge in [0, 0.05) is 13.2 Å². The molecule has 3 heterocycles. The molecule has 0 atom stereocenters. The molecule has 0 saturated heterocycles. The van der Waals surface area contributed by atoms with Crippen LogP contribution in [0.25, 0.3) is 15.9 Å². The fourth-order valence-electron chi connectivity index (χ4n) is 2.79. The van der Waals surface area contributed by atoms with E-state index in [2.05, 4.69) is 15.1 Å². The number of hydrogen-bond donors (Lipinski definition) is 1. The molecule has 0 radical (unpaired) electrons. The van der Waals surface area contributed by atoms with Crippen molar-refractivity contribution in [2.24, 2.45) is 0 Å². The third kappa shape index (κ3) is 3.65. The smallest absolute Gasteiger partial charge is 0.268 e. The maximum atomic E-state index is 12.5. The molecule has 0 spiro atoms. The van der Waals surface area contributed by atoms with E-state index in [0.29, 0.717) is 16.0 Å². The lowest BCUT2D eigenvalue weighted by Crippen LogP contribution is -2.29. The quantitative estimate of drug-likeness (QED) is 0.577. The van der Waals surface area contributed by atoms with Gasteiger partial charge in [0.15, 0.2) is 0 Å². The van der Waals surface area contributed by atoms with E-state index in [1.807, 2.05) is 41.9 Å². The lowest BCUT2D eigenvalue weighted by molar-refractivity contribution is -0.129. The Bertz CT molecular complexity index is 1150. The van der Waals surface area contributed by atoms with Gasteiger partial charge in [0.1, 0.15) is 10.5 Å². The number of para-hydroxylation sites is 1. The highest BCUT2D eigenvalue weighted by molar-refractivity contribution is 7.17. The van der Waals surface area contributed by atoms with Gasteiger partial charge in [-0.05, 0) is 29.1 Å². The molecule has 27 heavy (non-hydrogen) atoms. The predicted molar refractivity (Wildman–Crippen MR) is 104 cm³/mol. The lowest BCUT2D eigenvalue weighted by atomic mass is 10.2. The highest BCUT2D eigenvalue weighted by atomic mass is 32.1. The van der Waals surface area contributed by atoms with Crippen LogP contribution in [0.5, 0.6) is 0 Å². The molecule has 7 nitrogen and oxygen atoms in total. The van der Waals surface area contributed by atoms with Gasteiger partial charge in [-0.1, -0.05) is 18.2 Å². The summed E-state index contributed by atoms with van der Waals surface area (Å²) < 4.78 is 2.34. The highest BCUT2D eigenvalue weighted by Crippen LogP contribution is 2.14. The first kappa shape index (κ1) is 17.2. The number of thiophene rings is 1. The average molecular weight is 379 g/mol. The SMILES string of the molecule is CN(Cc1nc2ccsc2c(=O)[nH]1)C(=O)Cc1cnn(-c2ccccc2)c1. The molecule has 0 unspecified atom stereocenters. The number of nitrogens with one attached hydrogen (secondary N) is 1. The van der Waals surface area contributed by atoms with Gasteiger partial charge in [-0.2, -0.15) is 5.10 Å². The molecule has 8 heteroatoms. The summed E-state index contributed by atoms with van der Waals surface area (Å²) in [5.74, 6) is 0.400. The van der Waals surface area contributed by atoms with Crippen LogP contribution in [0.3, 0.4) is 0 Å². The van der Waals surface area contributed by atoms with Crippen LogP contribution < -0.4 is 5.56 Å². The Morgan fingerprint density at radius 3 is 2.89 bits per heavy atom. The molecule has 0 saturated carbocycles. The average Bonchev–Trinajstić information content (AvgIpc) is 3.32. The number of likely N-dealkylation sites (N-methyl/N-ethyl adjacent to an activating group) is 1. The molecule has 1 N–H and O–H groups in total. The van der Waals surface area contributed by atoms with Gasteiger partial charge in [0.05, 0.1) is 30.4 Å². The number of amides is 1. The molecular formula is C19H17N5O2S. The summed E-state index contributed by atoms with van der Waals surface area (Å²) in [5.41, 5.74) is 2.25. The van der Waals surface area contributed by atoms with Crippen LogP contribution in [-0.4, -0.2) is 37.6 Å². The van der Waals surface area contributed by atoms with Crippen molar-refractivity contribution in [1.82, 2.24) is 24.6 Å². The van der Waals surface area contributed by atoms with E-state index in [1.54, 1.807) is 28.9 Å². The van der Waals surface area contributed by atoms with Gasteiger partial charge in [-0.15, -0.1) is 11.3 Å². The Morgan fingerprint density at radius 2 is 2.07 bits per heavy atom. The maximum Gasteiger partial charge on any atom is 0.268 e. The first-order valence-corrected chi connectivity index (χ1v) is 9.27. The number of fused-ring (bicyclic) bond motifs is 1. The zero-order chi connectivity index (χ0) is 18.8. The van der Waals surface area contributed by atoms with Crippen molar-refractivity contribution < 1.29 is 4.79 Å². The Kier molecular flexibility index (Phi) is 4.55. The molecule has 136 valence electrons.